The topological polar surface area (TPSA) is 149 Å². The number of amides is 2. The van der Waals surface area contributed by atoms with E-state index < -0.39 is 17.6 Å². The van der Waals surface area contributed by atoms with E-state index in [1.807, 2.05) is 48.5 Å². The van der Waals surface area contributed by atoms with Crippen molar-refractivity contribution in [2.75, 3.05) is 18.9 Å². The molecule has 4 rings (SSSR count). The second-order valence-corrected chi connectivity index (χ2v) is 10.1. The number of aliphatic hydroxyl groups is 1. The number of hydrogen-bond donors (Lipinski definition) is 4. The third kappa shape index (κ3) is 7.45. The van der Waals surface area contributed by atoms with E-state index in [9.17, 15) is 9.59 Å². The van der Waals surface area contributed by atoms with Crippen molar-refractivity contribution in [3.8, 4) is 28.1 Å². The van der Waals surface area contributed by atoms with Crippen LogP contribution in [0.3, 0.4) is 0 Å². The molecule has 0 saturated carbocycles. The first kappa shape index (κ1) is 28.3. The van der Waals surface area contributed by atoms with Crippen LogP contribution in [-0.2, 0) is 4.74 Å². The second-order valence-electron chi connectivity index (χ2n) is 10.1. The summed E-state index contributed by atoms with van der Waals surface area (Å²) >= 11 is 0. The van der Waals surface area contributed by atoms with Gasteiger partial charge in [0, 0.05) is 29.8 Å². The average Bonchev–Trinajstić information content (AvgIpc) is 2.93. The fourth-order valence-electron chi connectivity index (χ4n) is 3.93. The molecule has 2 heterocycles. The van der Waals surface area contributed by atoms with E-state index in [4.69, 9.17) is 25.3 Å². The number of carbonyl (C=O) groups is 2. The maximum Gasteiger partial charge on any atom is 0.426 e. The number of hydrogen-bond acceptors (Lipinski definition) is 8. The van der Waals surface area contributed by atoms with Crippen LogP contribution < -0.4 is 21.3 Å². The number of hydrazine groups is 1. The highest BCUT2D eigenvalue weighted by atomic mass is 16.6. The van der Waals surface area contributed by atoms with Crippen LogP contribution in [0.2, 0.25) is 0 Å². The lowest BCUT2D eigenvalue weighted by molar-refractivity contribution is 0.0483. The first-order valence-electron chi connectivity index (χ1n) is 12.9. The number of benzene rings is 2. The van der Waals surface area contributed by atoms with Gasteiger partial charge in [0.05, 0.1) is 23.4 Å². The largest absolute Gasteiger partial charge is 0.494 e. The number of nitrogen functional groups attached to an aromatic ring is 1. The number of fused-ring (bicyclic) bond motifs is 1. The van der Waals surface area contributed by atoms with E-state index in [1.165, 1.54) is 6.20 Å². The minimum Gasteiger partial charge on any atom is -0.494 e. The van der Waals surface area contributed by atoms with Gasteiger partial charge in [-0.1, -0.05) is 36.4 Å². The van der Waals surface area contributed by atoms with Gasteiger partial charge in [-0.25, -0.2) is 20.2 Å². The summed E-state index contributed by atoms with van der Waals surface area (Å²) in [5, 5.41) is 9.36. The molecule has 0 aliphatic carbocycles. The van der Waals surface area contributed by atoms with Crippen molar-refractivity contribution in [1.29, 1.82) is 0 Å². The monoisotopic (exact) mass is 543 g/mol. The summed E-state index contributed by atoms with van der Waals surface area (Å²) in [5.41, 5.74) is 14.0. The molecule has 208 valence electrons. The number of aromatic nitrogens is 2. The summed E-state index contributed by atoms with van der Waals surface area (Å²) in [6.07, 6.45) is 2.22. The van der Waals surface area contributed by atoms with Gasteiger partial charge in [0.1, 0.15) is 17.2 Å². The van der Waals surface area contributed by atoms with Crippen LogP contribution in [0.25, 0.3) is 33.3 Å². The lowest BCUT2D eigenvalue weighted by atomic mass is 10.0. The number of aliphatic hydroxyl groups excluding tert-OH is 1. The first-order chi connectivity index (χ1) is 19.1. The van der Waals surface area contributed by atoms with Gasteiger partial charge in [0.15, 0.2) is 0 Å². The summed E-state index contributed by atoms with van der Waals surface area (Å²) in [4.78, 5) is 33.9. The minimum absolute atomic E-state index is 0.165. The number of nitrogens with one attached hydrogen (secondary N) is 2. The number of nitrogens with two attached hydrogens (primary N) is 1. The number of carbonyl (C=O) groups excluding carboxylic acids is 2. The van der Waals surface area contributed by atoms with Crippen molar-refractivity contribution in [2.45, 2.75) is 39.2 Å². The summed E-state index contributed by atoms with van der Waals surface area (Å²) in [6, 6.07) is 18.8. The van der Waals surface area contributed by atoms with Gasteiger partial charge in [-0.15, -0.1) is 0 Å². The summed E-state index contributed by atoms with van der Waals surface area (Å²) in [5.74, 6) is 0.493. The molecular formula is C30H33N5O5. The van der Waals surface area contributed by atoms with Crippen LogP contribution in [0, 0.1) is 0 Å². The smallest absolute Gasteiger partial charge is 0.426 e. The predicted octanol–water partition coefficient (Wildman–Crippen LogP) is 4.87. The Balaban J connectivity index is 1.55. The molecule has 5 N–H and O–H groups in total. The van der Waals surface area contributed by atoms with Crippen LogP contribution in [0.5, 0.6) is 5.75 Å². The van der Waals surface area contributed by atoms with Crippen LogP contribution in [0.1, 0.15) is 44.0 Å². The number of unbranched alkanes of at least 4 members (excludes halogenated alkanes) is 1. The quantitative estimate of drug-likeness (QED) is 0.182. The molecular weight excluding hydrogens is 510 g/mol. The third-order valence-corrected chi connectivity index (χ3v) is 5.83. The van der Waals surface area contributed by atoms with Crippen molar-refractivity contribution in [1.82, 2.24) is 20.8 Å². The summed E-state index contributed by atoms with van der Waals surface area (Å²) in [7, 11) is 0. The van der Waals surface area contributed by atoms with Gasteiger partial charge in [-0.2, -0.15) is 0 Å². The number of anilines is 1. The van der Waals surface area contributed by atoms with Gasteiger partial charge in [-0.05, 0) is 62.9 Å². The highest BCUT2D eigenvalue weighted by molar-refractivity contribution is 6.07. The van der Waals surface area contributed by atoms with Gasteiger partial charge >= 0.3 is 6.09 Å². The van der Waals surface area contributed by atoms with Crippen molar-refractivity contribution in [2.24, 2.45) is 0 Å². The standard InChI is InChI=1S/C30H33N5O5/c1-30(2,3)40-29(38)35-34-28(37)23-16-25(33-26-17-27(31)32-18-24(23)26)21-8-6-19(7-9-21)20-10-12-22(13-11-20)39-15-5-4-14-36/h6-13,16-18,36H,4-5,14-15H2,1-3H3,(H2,31,32)(H,34,37)(H,35,38). The molecule has 2 amide bonds. The molecule has 0 saturated heterocycles. The fraction of sp³-hybridized carbons (Fsp3) is 0.267. The number of pyridine rings is 2. The van der Waals surface area contributed by atoms with E-state index in [0.29, 0.717) is 23.2 Å². The third-order valence-electron chi connectivity index (χ3n) is 5.83. The van der Waals surface area contributed by atoms with E-state index in [0.717, 1.165) is 35.3 Å². The lowest BCUT2D eigenvalue weighted by Crippen LogP contribution is -2.44. The minimum atomic E-state index is -0.779. The number of ether oxygens (including phenoxy) is 2. The summed E-state index contributed by atoms with van der Waals surface area (Å²) in [6.45, 7) is 5.91. The number of nitrogens with zero attached hydrogens (tertiary/aromatic N) is 2. The fourth-order valence-corrected chi connectivity index (χ4v) is 3.93. The molecule has 0 unspecified atom stereocenters. The van der Waals surface area contributed by atoms with E-state index in [1.54, 1.807) is 32.9 Å². The van der Waals surface area contributed by atoms with Crippen LogP contribution in [0.15, 0.2) is 66.9 Å². The molecule has 0 bridgehead atoms. The van der Waals surface area contributed by atoms with Gasteiger partial charge < -0.3 is 20.3 Å². The molecule has 0 spiro atoms. The molecule has 2 aromatic heterocycles. The van der Waals surface area contributed by atoms with Crippen LogP contribution in [0.4, 0.5) is 10.6 Å². The Hall–Kier alpha value is -4.70. The summed E-state index contributed by atoms with van der Waals surface area (Å²) < 4.78 is 10.9. The van der Waals surface area contributed by atoms with Crippen molar-refractivity contribution >= 4 is 28.7 Å². The molecule has 4 aromatic rings. The number of rotatable bonds is 8. The zero-order chi connectivity index (χ0) is 28.7. The Morgan fingerprint density at radius 2 is 1.57 bits per heavy atom. The molecule has 10 heteroatoms. The Labute approximate surface area is 232 Å². The Morgan fingerprint density at radius 1 is 0.925 bits per heavy atom. The van der Waals surface area contributed by atoms with Gasteiger partial charge in [0.2, 0.25) is 0 Å². The Kier molecular flexibility index (Phi) is 8.80. The SMILES string of the molecule is CC(C)(C)OC(=O)NNC(=O)c1cc(-c2ccc(-c3ccc(OCCCCO)cc3)cc2)nc2cc(N)ncc12. The zero-order valence-electron chi connectivity index (χ0n) is 22.7. The molecule has 40 heavy (non-hydrogen) atoms. The van der Waals surface area contributed by atoms with Crippen molar-refractivity contribution in [3.05, 3.63) is 72.4 Å². The molecule has 0 atom stereocenters. The lowest BCUT2D eigenvalue weighted by Gasteiger charge is -2.20. The maximum absolute atomic E-state index is 13.1. The van der Waals surface area contributed by atoms with Gasteiger partial charge in [0.25, 0.3) is 5.91 Å². The average molecular weight is 544 g/mol. The van der Waals surface area contributed by atoms with Crippen molar-refractivity contribution in [3.63, 3.8) is 0 Å². The normalized spacial score (nSPS) is 11.2. The van der Waals surface area contributed by atoms with Crippen LogP contribution >= 0.6 is 0 Å². The highest BCUT2D eigenvalue weighted by Gasteiger charge is 2.19. The predicted molar refractivity (Wildman–Crippen MR) is 153 cm³/mol. The highest BCUT2D eigenvalue weighted by Crippen LogP contribution is 2.28. The maximum atomic E-state index is 13.1. The molecule has 0 aliphatic heterocycles. The van der Waals surface area contributed by atoms with Crippen molar-refractivity contribution < 1.29 is 24.2 Å². The zero-order valence-corrected chi connectivity index (χ0v) is 22.7. The molecule has 10 nitrogen and oxygen atoms in total. The van der Waals surface area contributed by atoms with E-state index >= 15 is 0 Å². The second kappa shape index (κ2) is 12.4. The van der Waals surface area contributed by atoms with E-state index in [-0.39, 0.29) is 18.0 Å². The molecule has 2 aromatic carbocycles. The van der Waals surface area contributed by atoms with Crippen LogP contribution in [-0.4, -0.2) is 45.9 Å². The molecule has 0 aliphatic rings. The Morgan fingerprint density at radius 3 is 2.23 bits per heavy atom. The van der Waals surface area contributed by atoms with Gasteiger partial charge in [-0.3, -0.25) is 10.2 Å². The first-order valence-corrected chi connectivity index (χ1v) is 12.9. The molecule has 0 radical (unpaired) electrons. The van der Waals surface area contributed by atoms with E-state index in [2.05, 4.69) is 15.8 Å². The Bertz CT molecular complexity index is 1480. The molecule has 0 fully saturated rings.